The van der Waals surface area contributed by atoms with Crippen LogP contribution in [0.25, 0.3) is 11.1 Å². The highest BCUT2D eigenvalue weighted by molar-refractivity contribution is 5.73. The summed E-state index contributed by atoms with van der Waals surface area (Å²) in [7, 11) is 1.69. The van der Waals surface area contributed by atoms with Gasteiger partial charge in [0.15, 0.2) is 0 Å². The summed E-state index contributed by atoms with van der Waals surface area (Å²) in [5, 5.41) is 9.63. The second-order valence-corrected chi connectivity index (χ2v) is 8.72. The van der Waals surface area contributed by atoms with Crippen molar-refractivity contribution in [2.24, 2.45) is 5.92 Å². The van der Waals surface area contributed by atoms with Gasteiger partial charge in [0.05, 0.1) is 31.8 Å². The van der Waals surface area contributed by atoms with E-state index in [1.165, 1.54) is 5.56 Å². The second kappa shape index (κ2) is 8.05. The first-order chi connectivity index (χ1) is 15.2. The van der Waals surface area contributed by atoms with Gasteiger partial charge in [0.1, 0.15) is 12.3 Å². The minimum atomic E-state index is 0.0708. The molecule has 0 aliphatic carbocycles. The van der Waals surface area contributed by atoms with Crippen molar-refractivity contribution in [3.8, 4) is 22.9 Å². The molecule has 1 unspecified atom stereocenters. The predicted octanol–water partition coefficient (Wildman–Crippen LogP) is 2.60. The number of hydrogen-bond acceptors (Lipinski definition) is 3. The molecule has 3 atom stereocenters. The Morgan fingerprint density at radius 3 is 2.65 bits per heavy atom. The van der Waals surface area contributed by atoms with Crippen molar-refractivity contribution < 1.29 is 9.64 Å². The molecule has 5 rings (SSSR count). The van der Waals surface area contributed by atoms with Crippen molar-refractivity contribution in [3.05, 3.63) is 87.8 Å². The highest BCUT2D eigenvalue weighted by Crippen LogP contribution is 2.37. The summed E-state index contributed by atoms with van der Waals surface area (Å²) >= 11 is 0. The zero-order valence-corrected chi connectivity index (χ0v) is 17.7. The van der Waals surface area contributed by atoms with Crippen molar-refractivity contribution in [1.82, 2.24) is 4.57 Å². The fraction of sp³-hybridized carbons (Fsp3) is 0.308. The summed E-state index contributed by atoms with van der Waals surface area (Å²) in [6.45, 7) is 3.80. The standard InChI is InChI=1S/C26H25N3O2/c1-31-22-8-6-18(7-9-22)14-28-15-19-12-21(17-28)26-24(10-11-25(30)29(26)16-19)23-5-3-2-4-20(23)13-27/h2-11,19,21H,12,14-17H2,1H3/p+1/t19-,21+/m0/s1. The highest BCUT2D eigenvalue weighted by Gasteiger charge is 2.38. The molecule has 2 aliphatic heterocycles. The molecule has 2 aromatic carbocycles. The quantitative estimate of drug-likeness (QED) is 0.717. The van der Waals surface area contributed by atoms with Crippen LogP contribution >= 0.6 is 0 Å². The number of likely N-dealkylation sites (tertiary alicyclic amines) is 1. The third-order valence-corrected chi connectivity index (χ3v) is 6.73. The molecule has 2 bridgehead atoms. The summed E-state index contributed by atoms with van der Waals surface area (Å²) in [5.41, 5.74) is 5.10. The van der Waals surface area contributed by atoms with Gasteiger partial charge in [-0.05, 0) is 42.8 Å². The fourth-order valence-electron chi connectivity index (χ4n) is 5.46. The minimum absolute atomic E-state index is 0.0708. The molecular weight excluding hydrogens is 386 g/mol. The van der Waals surface area contributed by atoms with Crippen LogP contribution in [0.3, 0.4) is 0 Å². The van der Waals surface area contributed by atoms with E-state index in [2.05, 4.69) is 18.2 Å². The number of piperidine rings is 1. The van der Waals surface area contributed by atoms with Crippen molar-refractivity contribution >= 4 is 0 Å². The molecule has 31 heavy (non-hydrogen) atoms. The monoisotopic (exact) mass is 412 g/mol. The number of quaternary nitrogens is 1. The van der Waals surface area contributed by atoms with E-state index in [0.29, 0.717) is 17.4 Å². The van der Waals surface area contributed by atoms with E-state index in [-0.39, 0.29) is 5.56 Å². The van der Waals surface area contributed by atoms with E-state index in [4.69, 9.17) is 4.74 Å². The maximum absolute atomic E-state index is 12.7. The Bertz CT molecular complexity index is 1210. The third-order valence-electron chi connectivity index (χ3n) is 6.73. The number of nitriles is 1. The van der Waals surface area contributed by atoms with Crippen LogP contribution in [0.4, 0.5) is 0 Å². The van der Waals surface area contributed by atoms with Crippen molar-refractivity contribution in [2.45, 2.75) is 25.4 Å². The molecule has 0 amide bonds. The lowest BCUT2D eigenvalue weighted by Gasteiger charge is -2.41. The number of ether oxygens (including phenoxy) is 1. The van der Waals surface area contributed by atoms with Crippen LogP contribution in [0.5, 0.6) is 5.75 Å². The molecule has 0 radical (unpaired) electrons. The number of fused-ring (bicyclic) bond motifs is 4. The Morgan fingerprint density at radius 2 is 1.87 bits per heavy atom. The van der Waals surface area contributed by atoms with Crippen molar-refractivity contribution in [2.75, 3.05) is 20.2 Å². The SMILES string of the molecule is COc1ccc(C[NH+]2C[C@@H]3C[C@H](C2)c2c(-c4ccccc4C#N)ccc(=O)n2C3)cc1. The average molecular weight is 413 g/mol. The van der Waals surface area contributed by atoms with E-state index in [1.807, 2.05) is 47.0 Å². The van der Waals surface area contributed by atoms with Crippen LogP contribution in [0.2, 0.25) is 0 Å². The van der Waals surface area contributed by atoms with Crippen LogP contribution in [0.15, 0.2) is 65.5 Å². The topological polar surface area (TPSA) is 59.5 Å². The summed E-state index contributed by atoms with van der Waals surface area (Å²) in [4.78, 5) is 14.3. The molecule has 5 heteroatoms. The third kappa shape index (κ3) is 3.64. The summed E-state index contributed by atoms with van der Waals surface area (Å²) in [6.07, 6.45) is 1.11. The molecule has 2 aliphatic rings. The van der Waals surface area contributed by atoms with Gasteiger partial charge in [-0.15, -0.1) is 0 Å². The maximum atomic E-state index is 12.7. The summed E-state index contributed by atoms with van der Waals surface area (Å²) in [6, 6.07) is 21.9. The van der Waals surface area contributed by atoms with Gasteiger partial charge < -0.3 is 14.2 Å². The zero-order valence-electron chi connectivity index (χ0n) is 17.7. The van der Waals surface area contributed by atoms with E-state index in [9.17, 15) is 10.1 Å². The van der Waals surface area contributed by atoms with E-state index in [0.717, 1.165) is 55.2 Å². The molecule has 1 aromatic heterocycles. The van der Waals surface area contributed by atoms with Crippen LogP contribution < -0.4 is 15.2 Å². The number of nitrogens with zero attached hydrogens (tertiary/aromatic N) is 2. The molecule has 0 saturated carbocycles. The first-order valence-electron chi connectivity index (χ1n) is 10.9. The molecular formula is C26H26N3O2+. The van der Waals surface area contributed by atoms with Crippen LogP contribution in [-0.4, -0.2) is 24.8 Å². The number of benzene rings is 2. The number of nitrogens with one attached hydrogen (secondary N) is 1. The first-order valence-corrected chi connectivity index (χ1v) is 10.9. The van der Waals surface area contributed by atoms with Gasteiger partial charge in [0, 0.05) is 46.8 Å². The van der Waals surface area contributed by atoms with Gasteiger partial charge in [0.25, 0.3) is 5.56 Å². The first kappa shape index (κ1) is 19.6. The number of aromatic nitrogens is 1. The minimum Gasteiger partial charge on any atom is -0.497 e. The molecule has 3 heterocycles. The molecule has 3 aromatic rings. The normalized spacial score (nSPS) is 21.7. The Morgan fingerprint density at radius 1 is 1.06 bits per heavy atom. The van der Waals surface area contributed by atoms with Gasteiger partial charge in [-0.1, -0.05) is 18.2 Å². The summed E-state index contributed by atoms with van der Waals surface area (Å²) in [5.74, 6) is 1.69. The molecule has 1 fully saturated rings. The molecule has 5 nitrogen and oxygen atoms in total. The lowest BCUT2D eigenvalue weighted by Crippen LogP contribution is -3.13. The lowest BCUT2D eigenvalue weighted by atomic mass is 9.80. The van der Waals surface area contributed by atoms with Crippen molar-refractivity contribution in [1.29, 1.82) is 5.26 Å². The zero-order chi connectivity index (χ0) is 21.4. The number of rotatable bonds is 4. The van der Waals surface area contributed by atoms with E-state index < -0.39 is 0 Å². The lowest BCUT2D eigenvalue weighted by molar-refractivity contribution is -0.924. The molecule has 156 valence electrons. The highest BCUT2D eigenvalue weighted by atomic mass is 16.5. The van der Waals surface area contributed by atoms with Crippen molar-refractivity contribution in [3.63, 3.8) is 0 Å². The maximum Gasteiger partial charge on any atom is 0.250 e. The van der Waals surface area contributed by atoms with Crippen LogP contribution in [0, 0.1) is 17.2 Å². The van der Waals surface area contributed by atoms with Gasteiger partial charge >= 0.3 is 0 Å². The molecule has 1 N–H and O–H groups in total. The Kier molecular flexibility index (Phi) is 5.09. The fourth-order valence-corrected chi connectivity index (χ4v) is 5.46. The Labute approximate surface area is 182 Å². The van der Waals surface area contributed by atoms with Gasteiger partial charge in [-0.2, -0.15) is 5.26 Å². The predicted molar refractivity (Wildman–Crippen MR) is 119 cm³/mol. The van der Waals surface area contributed by atoms with E-state index >= 15 is 0 Å². The number of methoxy groups -OCH3 is 1. The second-order valence-electron chi connectivity index (χ2n) is 8.72. The molecule has 0 spiro atoms. The average Bonchev–Trinajstić information content (AvgIpc) is 2.80. The number of pyridine rings is 1. The molecule has 1 saturated heterocycles. The van der Waals surface area contributed by atoms with Crippen LogP contribution in [-0.2, 0) is 13.1 Å². The Balaban J connectivity index is 1.50. The van der Waals surface area contributed by atoms with Crippen LogP contribution in [0.1, 0.15) is 29.2 Å². The van der Waals surface area contributed by atoms with Gasteiger partial charge in [-0.3, -0.25) is 4.79 Å². The van der Waals surface area contributed by atoms with Gasteiger partial charge in [-0.25, -0.2) is 0 Å². The smallest absolute Gasteiger partial charge is 0.250 e. The number of hydrogen-bond donors (Lipinski definition) is 1. The van der Waals surface area contributed by atoms with E-state index in [1.54, 1.807) is 18.1 Å². The largest absolute Gasteiger partial charge is 0.497 e. The van der Waals surface area contributed by atoms with Gasteiger partial charge in [0.2, 0.25) is 0 Å². The Hall–Kier alpha value is -3.36. The summed E-state index contributed by atoms with van der Waals surface area (Å²) < 4.78 is 7.26.